The van der Waals surface area contributed by atoms with Crippen molar-refractivity contribution in [3.05, 3.63) is 35.1 Å². The molecule has 1 atom stereocenters. The topological polar surface area (TPSA) is 79.5 Å². The summed E-state index contributed by atoms with van der Waals surface area (Å²) < 4.78 is 5.56. The van der Waals surface area contributed by atoms with E-state index in [1.165, 1.54) is 17.5 Å². The molecule has 3 rings (SSSR count). The van der Waals surface area contributed by atoms with Crippen molar-refractivity contribution >= 4 is 22.8 Å². The molecule has 1 amide bonds. The molecule has 0 aliphatic heterocycles. The molecule has 0 saturated heterocycles. The van der Waals surface area contributed by atoms with Crippen LogP contribution in [0.5, 0.6) is 0 Å². The van der Waals surface area contributed by atoms with Gasteiger partial charge in [0.1, 0.15) is 5.58 Å². The van der Waals surface area contributed by atoms with Crippen molar-refractivity contribution in [2.24, 2.45) is 5.92 Å². The highest BCUT2D eigenvalue weighted by atomic mass is 16.4. The summed E-state index contributed by atoms with van der Waals surface area (Å²) in [5, 5.41) is 12.5. The lowest BCUT2D eigenvalue weighted by Crippen LogP contribution is -2.32. The van der Waals surface area contributed by atoms with E-state index in [1.54, 1.807) is 13.2 Å². The Morgan fingerprint density at radius 1 is 1.32 bits per heavy atom. The molecule has 22 heavy (non-hydrogen) atoms. The SMILES string of the molecule is CC(CNC(=O)Cc1coc2cc3c(cc12)CCC3)C(=O)O. The van der Waals surface area contributed by atoms with Gasteiger partial charge in [0.25, 0.3) is 0 Å². The highest BCUT2D eigenvalue weighted by molar-refractivity contribution is 5.88. The fraction of sp³-hybridized carbons (Fsp3) is 0.412. The van der Waals surface area contributed by atoms with Crippen LogP contribution in [0, 0.1) is 5.92 Å². The van der Waals surface area contributed by atoms with Gasteiger partial charge in [0.2, 0.25) is 5.91 Å². The van der Waals surface area contributed by atoms with Crippen LogP contribution < -0.4 is 5.32 Å². The van der Waals surface area contributed by atoms with Gasteiger partial charge in [-0.25, -0.2) is 0 Å². The molecule has 1 heterocycles. The lowest BCUT2D eigenvalue weighted by molar-refractivity contribution is -0.141. The third-order valence-corrected chi connectivity index (χ3v) is 4.25. The Balaban J connectivity index is 1.71. The van der Waals surface area contributed by atoms with Crippen molar-refractivity contribution in [2.75, 3.05) is 6.54 Å². The molecule has 0 radical (unpaired) electrons. The molecule has 0 saturated carbocycles. The first-order valence-electron chi connectivity index (χ1n) is 7.56. The van der Waals surface area contributed by atoms with Crippen LogP contribution in [0.1, 0.15) is 30.0 Å². The Hall–Kier alpha value is -2.30. The highest BCUT2D eigenvalue weighted by Gasteiger charge is 2.17. The van der Waals surface area contributed by atoms with Crippen molar-refractivity contribution in [1.29, 1.82) is 0 Å². The lowest BCUT2D eigenvalue weighted by Gasteiger charge is -2.08. The summed E-state index contributed by atoms with van der Waals surface area (Å²) >= 11 is 0. The van der Waals surface area contributed by atoms with Gasteiger partial charge in [0, 0.05) is 17.5 Å². The molecule has 2 aromatic rings. The van der Waals surface area contributed by atoms with E-state index in [0.29, 0.717) is 0 Å². The second-order valence-corrected chi connectivity index (χ2v) is 5.95. The fourth-order valence-corrected chi connectivity index (χ4v) is 2.87. The van der Waals surface area contributed by atoms with Crippen LogP contribution in [0.4, 0.5) is 0 Å². The fourth-order valence-electron chi connectivity index (χ4n) is 2.87. The molecular formula is C17H19NO4. The van der Waals surface area contributed by atoms with E-state index in [9.17, 15) is 9.59 Å². The minimum absolute atomic E-state index is 0.138. The van der Waals surface area contributed by atoms with Gasteiger partial charge >= 0.3 is 5.97 Å². The van der Waals surface area contributed by atoms with E-state index in [-0.39, 0.29) is 18.9 Å². The van der Waals surface area contributed by atoms with Crippen LogP contribution in [-0.4, -0.2) is 23.5 Å². The first kappa shape index (κ1) is 14.6. The molecule has 1 aliphatic carbocycles. The first-order chi connectivity index (χ1) is 10.5. The molecule has 5 nitrogen and oxygen atoms in total. The van der Waals surface area contributed by atoms with Crippen molar-refractivity contribution in [3.8, 4) is 0 Å². The summed E-state index contributed by atoms with van der Waals surface area (Å²) in [5.74, 6) is -1.69. The molecule has 2 N–H and O–H groups in total. The zero-order valence-corrected chi connectivity index (χ0v) is 12.5. The van der Waals surface area contributed by atoms with Crippen LogP contribution >= 0.6 is 0 Å². The predicted molar refractivity (Wildman–Crippen MR) is 81.8 cm³/mol. The largest absolute Gasteiger partial charge is 0.481 e. The maximum atomic E-state index is 12.0. The number of benzene rings is 1. The number of carbonyl (C=O) groups excluding carboxylic acids is 1. The van der Waals surface area contributed by atoms with Crippen LogP contribution in [0.2, 0.25) is 0 Å². The summed E-state index contributed by atoms with van der Waals surface area (Å²) in [4.78, 5) is 22.7. The van der Waals surface area contributed by atoms with Gasteiger partial charge in [-0.05, 0) is 42.5 Å². The third kappa shape index (κ3) is 2.84. The second-order valence-electron chi connectivity index (χ2n) is 5.95. The minimum Gasteiger partial charge on any atom is -0.481 e. The maximum Gasteiger partial charge on any atom is 0.308 e. The summed E-state index contributed by atoms with van der Waals surface area (Å²) in [7, 11) is 0. The molecule has 5 heteroatoms. The number of furan rings is 1. The molecular weight excluding hydrogens is 282 g/mol. The van der Waals surface area contributed by atoms with Crippen LogP contribution in [-0.2, 0) is 28.9 Å². The number of rotatable bonds is 5. The molecule has 0 fully saturated rings. The maximum absolute atomic E-state index is 12.0. The average molecular weight is 301 g/mol. The quantitative estimate of drug-likeness (QED) is 0.888. The van der Waals surface area contributed by atoms with Crippen LogP contribution in [0.15, 0.2) is 22.8 Å². The van der Waals surface area contributed by atoms with Gasteiger partial charge in [-0.15, -0.1) is 0 Å². The van der Waals surface area contributed by atoms with Crippen molar-refractivity contribution in [2.45, 2.75) is 32.6 Å². The third-order valence-electron chi connectivity index (χ3n) is 4.25. The van der Waals surface area contributed by atoms with Gasteiger partial charge in [-0.3, -0.25) is 9.59 Å². The van der Waals surface area contributed by atoms with Gasteiger partial charge in [-0.2, -0.15) is 0 Å². The number of hydrogen-bond acceptors (Lipinski definition) is 3. The number of amides is 1. The molecule has 1 aromatic heterocycles. The van der Waals surface area contributed by atoms with E-state index in [4.69, 9.17) is 9.52 Å². The van der Waals surface area contributed by atoms with Gasteiger partial charge in [0.05, 0.1) is 18.6 Å². The van der Waals surface area contributed by atoms with Crippen LogP contribution in [0.3, 0.4) is 0 Å². The van der Waals surface area contributed by atoms with E-state index in [1.807, 2.05) is 0 Å². The number of carboxylic acid groups (broad SMARTS) is 1. The molecule has 1 aromatic carbocycles. The number of nitrogens with one attached hydrogen (secondary N) is 1. The zero-order chi connectivity index (χ0) is 15.7. The molecule has 0 bridgehead atoms. The molecule has 116 valence electrons. The molecule has 0 spiro atoms. The van der Waals surface area contributed by atoms with Gasteiger partial charge < -0.3 is 14.8 Å². The first-order valence-corrected chi connectivity index (χ1v) is 7.56. The molecule has 1 unspecified atom stereocenters. The number of aliphatic carboxylic acids is 1. The number of carbonyl (C=O) groups is 2. The summed E-state index contributed by atoms with van der Waals surface area (Å²) in [6, 6.07) is 4.20. The van der Waals surface area contributed by atoms with E-state index in [0.717, 1.165) is 29.4 Å². The van der Waals surface area contributed by atoms with Crippen LogP contribution in [0.25, 0.3) is 11.0 Å². The number of carboxylic acids is 1. The number of hydrogen-bond donors (Lipinski definition) is 2. The summed E-state index contributed by atoms with van der Waals surface area (Å²) in [6.07, 6.45) is 5.18. The number of aryl methyl sites for hydroxylation is 2. The smallest absolute Gasteiger partial charge is 0.308 e. The predicted octanol–water partition coefficient (Wildman–Crippen LogP) is 2.30. The second kappa shape index (κ2) is 5.83. The van der Waals surface area contributed by atoms with Crippen molar-refractivity contribution in [3.63, 3.8) is 0 Å². The van der Waals surface area contributed by atoms with E-state index in [2.05, 4.69) is 17.4 Å². The Bertz CT molecular complexity index is 732. The van der Waals surface area contributed by atoms with Gasteiger partial charge in [0.15, 0.2) is 0 Å². The zero-order valence-electron chi connectivity index (χ0n) is 12.5. The monoisotopic (exact) mass is 301 g/mol. The summed E-state index contributed by atoms with van der Waals surface area (Å²) in [6.45, 7) is 1.71. The minimum atomic E-state index is -0.912. The standard InChI is InChI=1S/C17H19NO4/c1-10(17(20)21)8-18-16(19)7-13-9-22-15-6-12-4-2-3-11(12)5-14(13)15/h5-6,9-10H,2-4,7-8H2,1H3,(H,18,19)(H,20,21). The average Bonchev–Trinajstić information content (AvgIpc) is 3.09. The Labute approximate surface area is 128 Å². The lowest BCUT2D eigenvalue weighted by atomic mass is 10.0. The van der Waals surface area contributed by atoms with Gasteiger partial charge in [-0.1, -0.05) is 6.92 Å². The molecule has 1 aliphatic rings. The van der Waals surface area contributed by atoms with E-state index < -0.39 is 11.9 Å². The Morgan fingerprint density at radius 2 is 2.05 bits per heavy atom. The Morgan fingerprint density at radius 3 is 2.77 bits per heavy atom. The Kier molecular flexibility index (Phi) is 3.88. The normalized spacial score (nSPS) is 14.8. The van der Waals surface area contributed by atoms with Crippen molar-refractivity contribution in [1.82, 2.24) is 5.32 Å². The highest BCUT2D eigenvalue weighted by Crippen LogP contribution is 2.30. The van der Waals surface area contributed by atoms with E-state index >= 15 is 0 Å². The number of fused-ring (bicyclic) bond motifs is 2. The summed E-state index contributed by atoms with van der Waals surface area (Å²) in [5.41, 5.74) is 4.36. The van der Waals surface area contributed by atoms with Crippen molar-refractivity contribution < 1.29 is 19.1 Å².